The Balaban J connectivity index is 1.89. The van der Waals surface area contributed by atoms with Crippen LogP contribution in [0.2, 0.25) is 5.02 Å². The lowest BCUT2D eigenvalue weighted by molar-refractivity contribution is -0.117. The molecule has 0 aromatic heterocycles. The van der Waals surface area contributed by atoms with E-state index >= 15 is 0 Å². The van der Waals surface area contributed by atoms with E-state index in [1.54, 1.807) is 29.2 Å². The largest absolute Gasteiger partial charge is 0.324 e. The average Bonchev–Trinajstić information content (AvgIpc) is 2.84. The first-order valence-corrected chi connectivity index (χ1v) is 9.01. The summed E-state index contributed by atoms with van der Waals surface area (Å²) in [5.41, 5.74) is 2.94. The molecule has 0 saturated carbocycles. The third kappa shape index (κ3) is 3.44. The summed E-state index contributed by atoms with van der Waals surface area (Å²) < 4.78 is 0. The van der Waals surface area contributed by atoms with Crippen molar-refractivity contribution in [3.8, 4) is 0 Å². The molecule has 1 atom stereocenters. The topological polar surface area (TPSA) is 49.4 Å². The molecule has 134 valence electrons. The molecule has 4 rings (SSSR count). The van der Waals surface area contributed by atoms with Gasteiger partial charge in [-0.1, -0.05) is 66.2 Å². The summed E-state index contributed by atoms with van der Waals surface area (Å²) in [4.78, 5) is 27.4. The highest BCUT2D eigenvalue weighted by molar-refractivity contribution is 6.31. The van der Waals surface area contributed by atoms with Crippen molar-refractivity contribution >= 4 is 29.1 Å². The van der Waals surface area contributed by atoms with Crippen LogP contribution in [0.4, 0.5) is 5.69 Å². The third-order valence-electron chi connectivity index (χ3n) is 4.61. The van der Waals surface area contributed by atoms with Crippen LogP contribution in [0.15, 0.2) is 78.9 Å². The molecular weight excluding hydrogens is 360 g/mol. The van der Waals surface area contributed by atoms with Crippen LogP contribution >= 0.6 is 11.6 Å². The molecule has 3 aromatic carbocycles. The first kappa shape index (κ1) is 17.3. The number of rotatable bonds is 2. The van der Waals surface area contributed by atoms with E-state index in [4.69, 9.17) is 11.6 Å². The summed E-state index contributed by atoms with van der Waals surface area (Å²) in [6, 6.07) is 23.7. The van der Waals surface area contributed by atoms with Gasteiger partial charge in [-0.15, -0.1) is 0 Å². The minimum absolute atomic E-state index is 0.0421. The third-order valence-corrected chi connectivity index (χ3v) is 4.84. The molecule has 3 aromatic rings. The minimum Gasteiger partial charge on any atom is -0.324 e. The first-order chi connectivity index (χ1) is 13.1. The van der Waals surface area contributed by atoms with Gasteiger partial charge in [0.25, 0.3) is 5.91 Å². The highest BCUT2D eigenvalue weighted by Gasteiger charge is 2.33. The van der Waals surface area contributed by atoms with Crippen LogP contribution in [0.3, 0.4) is 0 Å². The summed E-state index contributed by atoms with van der Waals surface area (Å²) in [5, 5.41) is 3.41. The number of benzene rings is 3. The molecule has 0 saturated heterocycles. The van der Waals surface area contributed by atoms with Gasteiger partial charge in [0.15, 0.2) is 0 Å². The van der Waals surface area contributed by atoms with Crippen molar-refractivity contribution in [2.45, 2.75) is 6.04 Å². The van der Waals surface area contributed by atoms with Crippen LogP contribution in [-0.4, -0.2) is 23.3 Å². The van der Waals surface area contributed by atoms with E-state index in [-0.39, 0.29) is 18.4 Å². The van der Waals surface area contributed by atoms with Crippen molar-refractivity contribution in [1.29, 1.82) is 0 Å². The lowest BCUT2D eigenvalue weighted by atomic mass is 9.95. The Labute approximate surface area is 162 Å². The Morgan fingerprint density at radius 2 is 1.63 bits per heavy atom. The molecule has 1 heterocycles. The normalized spacial score (nSPS) is 16.3. The number of hydrogen-bond acceptors (Lipinski definition) is 2. The van der Waals surface area contributed by atoms with Gasteiger partial charge in [0.05, 0.1) is 6.04 Å². The molecular formula is C22H17ClN2O2. The van der Waals surface area contributed by atoms with E-state index in [0.29, 0.717) is 16.3 Å². The zero-order valence-corrected chi connectivity index (χ0v) is 15.2. The van der Waals surface area contributed by atoms with Crippen LogP contribution in [0.25, 0.3) is 0 Å². The van der Waals surface area contributed by atoms with Crippen molar-refractivity contribution in [2.75, 3.05) is 11.9 Å². The summed E-state index contributed by atoms with van der Waals surface area (Å²) in [6.45, 7) is -0.0421. The van der Waals surface area contributed by atoms with E-state index < -0.39 is 6.04 Å². The molecule has 0 bridgehead atoms. The molecule has 27 heavy (non-hydrogen) atoms. The molecule has 0 aliphatic carbocycles. The van der Waals surface area contributed by atoms with Crippen LogP contribution < -0.4 is 5.32 Å². The number of fused-ring (bicyclic) bond motifs is 1. The van der Waals surface area contributed by atoms with E-state index in [0.717, 1.165) is 11.1 Å². The Hall–Kier alpha value is -3.11. The second kappa shape index (κ2) is 7.25. The quantitative estimate of drug-likeness (QED) is 0.714. The molecule has 0 spiro atoms. The summed E-state index contributed by atoms with van der Waals surface area (Å²) in [6.07, 6.45) is 0. The van der Waals surface area contributed by atoms with Gasteiger partial charge < -0.3 is 10.2 Å². The van der Waals surface area contributed by atoms with Crippen molar-refractivity contribution in [3.05, 3.63) is 101 Å². The zero-order chi connectivity index (χ0) is 18.8. The molecule has 0 radical (unpaired) electrons. The average molecular weight is 377 g/mol. The van der Waals surface area contributed by atoms with Gasteiger partial charge in [0.1, 0.15) is 6.54 Å². The maximum Gasteiger partial charge on any atom is 0.255 e. The Morgan fingerprint density at radius 3 is 2.33 bits per heavy atom. The van der Waals surface area contributed by atoms with E-state index in [1.807, 2.05) is 54.6 Å². The van der Waals surface area contributed by atoms with Crippen LogP contribution in [0, 0.1) is 0 Å². The molecule has 0 unspecified atom stereocenters. The Morgan fingerprint density at radius 1 is 0.963 bits per heavy atom. The fourth-order valence-corrected chi connectivity index (χ4v) is 3.58. The van der Waals surface area contributed by atoms with Crippen LogP contribution in [0.1, 0.15) is 27.5 Å². The monoisotopic (exact) mass is 376 g/mol. The smallest absolute Gasteiger partial charge is 0.255 e. The van der Waals surface area contributed by atoms with Crippen molar-refractivity contribution in [3.63, 3.8) is 0 Å². The standard InChI is InChI=1S/C22H17ClN2O2/c23-17-11-12-18-19(13-17)24-20(26)14-25(21(18)15-7-3-1-4-8-15)22(27)16-9-5-2-6-10-16/h1-13,21H,14H2,(H,24,26)/t21-/m1/s1. The van der Waals surface area contributed by atoms with Gasteiger partial charge in [0, 0.05) is 21.8 Å². The molecule has 1 N–H and O–H groups in total. The SMILES string of the molecule is O=C1CN(C(=O)c2ccccc2)[C@H](c2ccccc2)c2ccc(Cl)cc2N1. The summed E-state index contributed by atoms with van der Waals surface area (Å²) in [7, 11) is 0. The fraction of sp³-hybridized carbons (Fsp3) is 0.0909. The molecule has 1 aliphatic rings. The molecule has 4 nitrogen and oxygen atoms in total. The number of carbonyl (C=O) groups excluding carboxylic acids is 2. The van der Waals surface area contributed by atoms with Crippen molar-refractivity contribution < 1.29 is 9.59 Å². The van der Waals surface area contributed by atoms with Gasteiger partial charge in [-0.25, -0.2) is 0 Å². The summed E-state index contributed by atoms with van der Waals surface area (Å²) in [5.74, 6) is -0.441. The second-order valence-corrected chi connectivity index (χ2v) is 6.83. The predicted molar refractivity (Wildman–Crippen MR) is 106 cm³/mol. The molecule has 1 aliphatic heterocycles. The number of nitrogens with zero attached hydrogens (tertiary/aromatic N) is 1. The van der Waals surface area contributed by atoms with Gasteiger partial charge >= 0.3 is 0 Å². The highest BCUT2D eigenvalue weighted by Crippen LogP contribution is 2.37. The molecule has 2 amide bonds. The fourth-order valence-electron chi connectivity index (χ4n) is 3.41. The molecule has 5 heteroatoms. The number of hydrogen-bond donors (Lipinski definition) is 1. The number of anilines is 1. The Kier molecular flexibility index (Phi) is 4.65. The van der Waals surface area contributed by atoms with Gasteiger partial charge in [-0.05, 0) is 29.8 Å². The van der Waals surface area contributed by atoms with Crippen molar-refractivity contribution in [2.24, 2.45) is 0 Å². The first-order valence-electron chi connectivity index (χ1n) is 8.64. The maximum absolute atomic E-state index is 13.3. The lowest BCUT2D eigenvalue weighted by Gasteiger charge is -2.30. The number of carbonyl (C=O) groups is 2. The summed E-state index contributed by atoms with van der Waals surface area (Å²) >= 11 is 6.13. The zero-order valence-electron chi connectivity index (χ0n) is 14.4. The van der Waals surface area contributed by atoms with Crippen molar-refractivity contribution in [1.82, 2.24) is 4.90 Å². The van der Waals surface area contributed by atoms with Gasteiger partial charge in [-0.3, -0.25) is 9.59 Å². The maximum atomic E-state index is 13.3. The highest BCUT2D eigenvalue weighted by atomic mass is 35.5. The van der Waals surface area contributed by atoms with E-state index in [9.17, 15) is 9.59 Å². The number of amides is 2. The van der Waals surface area contributed by atoms with E-state index in [2.05, 4.69) is 5.32 Å². The molecule has 0 fully saturated rings. The van der Waals surface area contributed by atoms with Gasteiger partial charge in [0.2, 0.25) is 5.91 Å². The minimum atomic E-state index is -0.398. The Bertz CT molecular complexity index is 990. The number of nitrogens with one attached hydrogen (secondary N) is 1. The predicted octanol–water partition coefficient (Wildman–Crippen LogP) is 4.52. The van der Waals surface area contributed by atoms with Crippen LogP contribution in [-0.2, 0) is 4.79 Å². The lowest BCUT2D eigenvalue weighted by Crippen LogP contribution is -2.38. The van der Waals surface area contributed by atoms with Crippen LogP contribution in [0.5, 0.6) is 0 Å². The van der Waals surface area contributed by atoms with E-state index in [1.165, 1.54) is 0 Å². The number of halogens is 1. The second-order valence-electron chi connectivity index (χ2n) is 6.39. The van der Waals surface area contributed by atoms with Gasteiger partial charge in [-0.2, -0.15) is 0 Å².